The fourth-order valence-corrected chi connectivity index (χ4v) is 5.89. The highest BCUT2D eigenvalue weighted by molar-refractivity contribution is 7.80. The number of fused-ring (bicyclic) bond motifs is 1. The van der Waals surface area contributed by atoms with Crippen molar-refractivity contribution in [2.45, 2.75) is 39.8 Å². The summed E-state index contributed by atoms with van der Waals surface area (Å²) in [6, 6.07) is 20.8. The number of nitrogens with one attached hydrogen (secondary N) is 1. The predicted octanol–water partition coefficient (Wildman–Crippen LogP) is 6.01. The molecule has 0 saturated carbocycles. The van der Waals surface area contributed by atoms with Crippen molar-refractivity contribution in [1.82, 2.24) is 14.9 Å². The fourth-order valence-electron chi connectivity index (χ4n) is 5.55. The summed E-state index contributed by atoms with van der Waals surface area (Å²) in [6.07, 6.45) is 1.84. The zero-order valence-electron chi connectivity index (χ0n) is 20.8. The van der Waals surface area contributed by atoms with E-state index in [1.54, 1.807) is 0 Å². The molecule has 0 aliphatic carbocycles. The average molecular weight is 497 g/mol. The third-order valence-corrected chi connectivity index (χ3v) is 7.30. The summed E-state index contributed by atoms with van der Waals surface area (Å²) in [4.78, 5) is 6.95. The molecule has 2 aromatic carbocycles. The quantitative estimate of drug-likeness (QED) is 0.349. The summed E-state index contributed by atoms with van der Waals surface area (Å²) in [5, 5.41) is 4.29. The van der Waals surface area contributed by atoms with Gasteiger partial charge in [-0.3, -0.25) is 4.98 Å². The molecule has 0 amide bonds. The number of hydrogen-bond acceptors (Lipinski definition) is 4. The van der Waals surface area contributed by atoms with Crippen LogP contribution in [0, 0.1) is 27.7 Å². The topological polar surface area (TPSA) is 51.6 Å². The van der Waals surface area contributed by atoms with Crippen LogP contribution in [0.15, 0.2) is 66.9 Å². The highest BCUT2D eigenvalue weighted by Crippen LogP contribution is 2.44. The molecule has 1 N–H and O–H groups in total. The van der Waals surface area contributed by atoms with Gasteiger partial charge in [0.2, 0.25) is 6.79 Å². The smallest absolute Gasteiger partial charge is 0.231 e. The third-order valence-electron chi connectivity index (χ3n) is 6.99. The summed E-state index contributed by atoms with van der Waals surface area (Å²) < 4.78 is 13.5. The summed E-state index contributed by atoms with van der Waals surface area (Å²) in [6.45, 7) is 8.82. The predicted molar refractivity (Wildman–Crippen MR) is 145 cm³/mol. The number of rotatable bonds is 4. The molecule has 2 aromatic heterocycles. The van der Waals surface area contributed by atoms with Crippen molar-refractivity contribution < 1.29 is 9.47 Å². The van der Waals surface area contributed by atoms with Crippen LogP contribution >= 0.6 is 12.2 Å². The van der Waals surface area contributed by atoms with E-state index in [0.717, 1.165) is 40.0 Å². The van der Waals surface area contributed by atoms with Gasteiger partial charge in [-0.05, 0) is 99.1 Å². The van der Waals surface area contributed by atoms with Gasteiger partial charge < -0.3 is 24.3 Å². The Bertz CT molecular complexity index is 1460. The van der Waals surface area contributed by atoms with E-state index in [1.807, 2.05) is 30.5 Å². The average Bonchev–Trinajstić information content (AvgIpc) is 3.53. The molecule has 4 heterocycles. The number of benzene rings is 2. The minimum atomic E-state index is -0.0924. The number of aryl methyl sites for hydroxylation is 3. The normalized spacial score (nSPS) is 18.6. The summed E-state index contributed by atoms with van der Waals surface area (Å²) in [5.41, 5.74) is 8.99. The number of ether oxygens (including phenoxy) is 2. The Hall–Kier alpha value is -3.84. The van der Waals surface area contributed by atoms with Gasteiger partial charge in [0.15, 0.2) is 16.6 Å². The Morgan fingerprint density at radius 1 is 0.889 bits per heavy atom. The van der Waals surface area contributed by atoms with Crippen LogP contribution in [0.5, 0.6) is 11.5 Å². The van der Waals surface area contributed by atoms with Gasteiger partial charge in [0.1, 0.15) is 0 Å². The maximum atomic E-state index is 5.94. The van der Waals surface area contributed by atoms with Crippen LogP contribution in [-0.4, -0.2) is 21.5 Å². The molecular formula is C29H28N4O2S. The lowest BCUT2D eigenvalue weighted by atomic mass is 9.96. The number of pyridine rings is 1. The van der Waals surface area contributed by atoms with E-state index in [-0.39, 0.29) is 18.9 Å². The Morgan fingerprint density at radius 3 is 2.42 bits per heavy atom. The standard InChI is InChI=1S/C29H28N4O2S/c1-17-11-18(2)13-22(12-17)33-28(27(31-29(33)36)24-7-5-6-10-30-24)23-14-19(3)32(20(23)4)21-8-9-25-26(15-21)35-16-34-25/h5-15,27-28H,16H2,1-4H3,(H,31,36)/t27-,28-/m1/s1. The molecule has 0 unspecified atom stereocenters. The number of nitrogens with zero attached hydrogens (tertiary/aromatic N) is 3. The first-order chi connectivity index (χ1) is 17.4. The molecule has 1 fully saturated rings. The fraction of sp³-hybridized carbons (Fsp3) is 0.241. The Balaban J connectivity index is 1.51. The molecule has 2 aliphatic heterocycles. The van der Waals surface area contributed by atoms with Crippen LogP contribution in [0.3, 0.4) is 0 Å². The van der Waals surface area contributed by atoms with Crippen molar-refractivity contribution in [3.8, 4) is 17.2 Å². The van der Waals surface area contributed by atoms with Gasteiger partial charge in [0.25, 0.3) is 0 Å². The maximum Gasteiger partial charge on any atom is 0.231 e. The third kappa shape index (κ3) is 3.71. The summed E-state index contributed by atoms with van der Waals surface area (Å²) in [5.74, 6) is 1.55. The molecule has 0 bridgehead atoms. The molecule has 182 valence electrons. The molecule has 7 heteroatoms. The van der Waals surface area contributed by atoms with Crippen molar-refractivity contribution in [2.75, 3.05) is 11.7 Å². The SMILES string of the molecule is Cc1cc(C)cc(N2C(=S)N[C@H](c3ccccn3)[C@H]2c2cc(C)n(-c3ccc4c(c3)OCO4)c2C)c1. The van der Waals surface area contributed by atoms with Crippen LogP contribution in [0.1, 0.15) is 45.9 Å². The maximum absolute atomic E-state index is 5.94. The Morgan fingerprint density at radius 2 is 1.67 bits per heavy atom. The monoisotopic (exact) mass is 496 g/mol. The minimum absolute atomic E-state index is 0.0671. The van der Waals surface area contributed by atoms with Gasteiger partial charge in [-0.2, -0.15) is 0 Å². The second-order valence-electron chi connectivity index (χ2n) is 9.54. The van der Waals surface area contributed by atoms with E-state index in [0.29, 0.717) is 5.11 Å². The summed E-state index contributed by atoms with van der Waals surface area (Å²) >= 11 is 5.94. The molecule has 2 aliphatic rings. The highest BCUT2D eigenvalue weighted by atomic mass is 32.1. The first-order valence-electron chi connectivity index (χ1n) is 12.1. The lowest BCUT2D eigenvalue weighted by molar-refractivity contribution is 0.174. The highest BCUT2D eigenvalue weighted by Gasteiger charge is 2.42. The zero-order valence-corrected chi connectivity index (χ0v) is 21.6. The van der Waals surface area contributed by atoms with Crippen molar-refractivity contribution in [2.24, 2.45) is 0 Å². The molecule has 0 radical (unpaired) electrons. The number of anilines is 1. The number of thiocarbonyl (C=S) groups is 1. The molecule has 0 spiro atoms. The minimum Gasteiger partial charge on any atom is -0.454 e. The second-order valence-corrected chi connectivity index (χ2v) is 9.93. The first kappa shape index (κ1) is 22.6. The molecule has 6 nitrogen and oxygen atoms in total. The van der Waals surface area contributed by atoms with E-state index in [2.05, 4.69) is 78.9 Å². The Labute approximate surface area is 216 Å². The molecule has 1 saturated heterocycles. The van der Waals surface area contributed by atoms with E-state index < -0.39 is 0 Å². The van der Waals surface area contributed by atoms with E-state index in [9.17, 15) is 0 Å². The largest absolute Gasteiger partial charge is 0.454 e. The van der Waals surface area contributed by atoms with E-state index >= 15 is 0 Å². The van der Waals surface area contributed by atoms with E-state index in [1.165, 1.54) is 16.7 Å². The molecule has 6 rings (SSSR count). The van der Waals surface area contributed by atoms with Gasteiger partial charge in [-0.1, -0.05) is 12.1 Å². The van der Waals surface area contributed by atoms with Crippen LogP contribution in [0.25, 0.3) is 5.69 Å². The van der Waals surface area contributed by atoms with Crippen molar-refractivity contribution in [3.05, 3.63) is 101 Å². The lowest BCUT2D eigenvalue weighted by Crippen LogP contribution is -2.29. The van der Waals surface area contributed by atoms with Crippen molar-refractivity contribution in [3.63, 3.8) is 0 Å². The van der Waals surface area contributed by atoms with Crippen molar-refractivity contribution >= 4 is 23.0 Å². The summed E-state index contributed by atoms with van der Waals surface area (Å²) in [7, 11) is 0. The number of hydrogen-bond donors (Lipinski definition) is 1. The molecular weight excluding hydrogens is 468 g/mol. The van der Waals surface area contributed by atoms with Gasteiger partial charge in [-0.25, -0.2) is 0 Å². The van der Waals surface area contributed by atoms with E-state index in [4.69, 9.17) is 26.7 Å². The Kier molecular flexibility index (Phi) is 5.45. The second kappa shape index (κ2) is 8.68. The molecule has 36 heavy (non-hydrogen) atoms. The van der Waals surface area contributed by atoms with Gasteiger partial charge in [0, 0.05) is 35.0 Å². The number of aromatic nitrogens is 2. The zero-order chi connectivity index (χ0) is 25.0. The van der Waals surface area contributed by atoms with Crippen molar-refractivity contribution in [1.29, 1.82) is 0 Å². The van der Waals surface area contributed by atoms with Gasteiger partial charge in [-0.15, -0.1) is 0 Å². The van der Waals surface area contributed by atoms with Crippen LogP contribution < -0.4 is 19.7 Å². The molecule has 2 atom stereocenters. The van der Waals surface area contributed by atoms with Crippen LogP contribution in [-0.2, 0) is 0 Å². The van der Waals surface area contributed by atoms with Crippen LogP contribution in [0.2, 0.25) is 0 Å². The lowest BCUT2D eigenvalue weighted by Gasteiger charge is -2.29. The van der Waals surface area contributed by atoms with Gasteiger partial charge in [0.05, 0.1) is 17.8 Å². The first-order valence-corrected chi connectivity index (χ1v) is 12.5. The van der Waals surface area contributed by atoms with Gasteiger partial charge >= 0.3 is 0 Å². The van der Waals surface area contributed by atoms with Crippen LogP contribution in [0.4, 0.5) is 5.69 Å². The molecule has 4 aromatic rings.